The number of anilines is 1. The number of methoxy groups -OCH3 is 1. The van der Waals surface area contributed by atoms with Crippen LogP contribution in [-0.4, -0.2) is 29.1 Å². The second-order valence-corrected chi connectivity index (χ2v) is 9.36. The lowest BCUT2D eigenvalue weighted by Gasteiger charge is -2.21. The molecule has 1 amide bonds. The first kappa shape index (κ1) is 22.2. The molecule has 0 saturated carbocycles. The van der Waals surface area contributed by atoms with Gasteiger partial charge in [-0.2, -0.15) is 0 Å². The molecule has 1 aromatic heterocycles. The monoisotopic (exact) mass is 453 g/mol. The van der Waals surface area contributed by atoms with Crippen molar-refractivity contribution < 1.29 is 9.53 Å². The minimum atomic E-state index is 0.0105. The smallest absolute Gasteiger partial charge is 0.227 e. The highest BCUT2D eigenvalue weighted by Crippen LogP contribution is 2.37. The summed E-state index contributed by atoms with van der Waals surface area (Å²) >= 11 is 0. The number of imidazole rings is 1. The summed E-state index contributed by atoms with van der Waals surface area (Å²) in [5, 5.41) is 0. The summed E-state index contributed by atoms with van der Waals surface area (Å²) in [6.07, 6.45) is 0.437. The van der Waals surface area contributed by atoms with E-state index in [1.54, 1.807) is 7.11 Å². The van der Waals surface area contributed by atoms with Gasteiger partial charge in [-0.05, 0) is 79.8 Å². The molecule has 5 heteroatoms. The maximum Gasteiger partial charge on any atom is 0.227 e. The second-order valence-electron chi connectivity index (χ2n) is 9.36. The van der Waals surface area contributed by atoms with E-state index in [-0.39, 0.29) is 11.8 Å². The average molecular weight is 454 g/mol. The minimum Gasteiger partial charge on any atom is -0.495 e. The number of carbonyl (C=O) groups is 1. The van der Waals surface area contributed by atoms with Gasteiger partial charge in [0.1, 0.15) is 11.6 Å². The number of para-hydroxylation sites is 4. The topological polar surface area (TPSA) is 47.4 Å². The van der Waals surface area contributed by atoms with Gasteiger partial charge in [0.15, 0.2) is 0 Å². The molecule has 0 radical (unpaired) electrons. The fourth-order valence-electron chi connectivity index (χ4n) is 5.23. The SMILES string of the molecule is COc1ccccc1N1C[C@H](c2nc3ccccc3n2Cc2c(C)c(C)cc(C)c2C)CC1=O. The van der Waals surface area contributed by atoms with Gasteiger partial charge in [0.25, 0.3) is 0 Å². The first-order valence-corrected chi connectivity index (χ1v) is 11.8. The van der Waals surface area contributed by atoms with E-state index in [2.05, 4.69) is 56.5 Å². The van der Waals surface area contributed by atoms with E-state index in [1.807, 2.05) is 35.2 Å². The van der Waals surface area contributed by atoms with Gasteiger partial charge in [-0.25, -0.2) is 4.98 Å². The summed E-state index contributed by atoms with van der Waals surface area (Å²) in [5.41, 5.74) is 9.51. The van der Waals surface area contributed by atoms with E-state index in [9.17, 15) is 4.79 Å². The van der Waals surface area contributed by atoms with E-state index in [1.165, 1.54) is 27.8 Å². The molecule has 1 aliphatic heterocycles. The number of aryl methyl sites for hydroxylation is 2. The van der Waals surface area contributed by atoms with Gasteiger partial charge < -0.3 is 14.2 Å². The van der Waals surface area contributed by atoms with E-state index in [0.29, 0.717) is 18.7 Å². The molecule has 1 fully saturated rings. The molecule has 1 saturated heterocycles. The maximum absolute atomic E-state index is 13.1. The van der Waals surface area contributed by atoms with Crippen LogP contribution in [0, 0.1) is 27.7 Å². The number of aromatic nitrogens is 2. The molecule has 0 N–H and O–H groups in total. The third kappa shape index (κ3) is 3.65. The van der Waals surface area contributed by atoms with Gasteiger partial charge in [-0.3, -0.25) is 4.79 Å². The summed E-state index contributed by atoms with van der Waals surface area (Å²) in [5.74, 6) is 1.81. The Bertz CT molecular complexity index is 1380. The molecular formula is C29H31N3O2. The number of fused-ring (bicyclic) bond motifs is 1. The van der Waals surface area contributed by atoms with Crippen LogP contribution in [0.3, 0.4) is 0 Å². The predicted molar refractivity (Wildman–Crippen MR) is 137 cm³/mol. The van der Waals surface area contributed by atoms with Gasteiger partial charge >= 0.3 is 0 Å². The Balaban J connectivity index is 1.59. The molecule has 0 aliphatic carbocycles. The Morgan fingerprint density at radius 2 is 1.65 bits per heavy atom. The number of benzene rings is 3. The van der Waals surface area contributed by atoms with Crippen molar-refractivity contribution in [3.05, 3.63) is 88.2 Å². The van der Waals surface area contributed by atoms with Crippen LogP contribution in [0.25, 0.3) is 11.0 Å². The number of hydrogen-bond acceptors (Lipinski definition) is 3. The molecule has 0 unspecified atom stereocenters. The Kier molecular flexibility index (Phi) is 5.64. The van der Waals surface area contributed by atoms with Gasteiger partial charge in [0.2, 0.25) is 5.91 Å². The number of amides is 1. The van der Waals surface area contributed by atoms with Gasteiger partial charge in [0, 0.05) is 25.4 Å². The standard InChI is InChI=1S/C29H31N3O2/c1-18-14-19(2)21(4)23(20(18)3)17-32-25-11-7-6-10-24(25)30-29(32)22-15-28(33)31(16-22)26-12-8-9-13-27(26)34-5/h6-14,22H,15-17H2,1-5H3/t22-/m1/s1. The van der Waals surface area contributed by atoms with Crippen molar-refractivity contribution in [2.75, 3.05) is 18.6 Å². The van der Waals surface area contributed by atoms with Gasteiger partial charge in [-0.1, -0.05) is 30.3 Å². The minimum absolute atomic E-state index is 0.0105. The first-order chi connectivity index (χ1) is 16.4. The van der Waals surface area contributed by atoms with Crippen LogP contribution in [0.5, 0.6) is 5.75 Å². The first-order valence-electron chi connectivity index (χ1n) is 11.8. The van der Waals surface area contributed by atoms with E-state index < -0.39 is 0 Å². The summed E-state index contributed by atoms with van der Waals surface area (Å²) in [4.78, 5) is 20.0. The average Bonchev–Trinajstić information content (AvgIpc) is 3.40. The van der Waals surface area contributed by atoms with E-state index in [0.717, 1.165) is 29.1 Å². The molecule has 174 valence electrons. The zero-order valence-electron chi connectivity index (χ0n) is 20.6. The lowest BCUT2D eigenvalue weighted by molar-refractivity contribution is -0.117. The Morgan fingerprint density at radius 1 is 0.971 bits per heavy atom. The molecule has 5 rings (SSSR count). The third-order valence-corrected chi connectivity index (χ3v) is 7.39. The van der Waals surface area contributed by atoms with E-state index in [4.69, 9.17) is 9.72 Å². The Labute approximate surface area is 201 Å². The van der Waals surface area contributed by atoms with Crippen LogP contribution < -0.4 is 9.64 Å². The number of carbonyl (C=O) groups excluding carboxylic acids is 1. The van der Waals surface area contributed by atoms with Gasteiger partial charge in [-0.15, -0.1) is 0 Å². The van der Waals surface area contributed by atoms with Crippen molar-refractivity contribution >= 4 is 22.6 Å². The molecule has 0 bridgehead atoms. The molecular weight excluding hydrogens is 422 g/mol. The molecule has 1 atom stereocenters. The van der Waals surface area contributed by atoms with Crippen LogP contribution >= 0.6 is 0 Å². The maximum atomic E-state index is 13.1. The number of hydrogen-bond donors (Lipinski definition) is 0. The number of ether oxygens (including phenoxy) is 1. The normalized spacial score (nSPS) is 16.0. The van der Waals surface area contributed by atoms with Crippen LogP contribution in [0.1, 0.15) is 46.0 Å². The quantitative estimate of drug-likeness (QED) is 0.381. The molecule has 5 nitrogen and oxygen atoms in total. The summed E-state index contributed by atoms with van der Waals surface area (Å²) in [6, 6.07) is 18.3. The van der Waals surface area contributed by atoms with Crippen molar-refractivity contribution in [1.82, 2.24) is 9.55 Å². The summed E-state index contributed by atoms with van der Waals surface area (Å²) < 4.78 is 7.86. The van der Waals surface area contributed by atoms with Crippen molar-refractivity contribution in [2.45, 2.75) is 46.6 Å². The Hall–Kier alpha value is -3.60. The van der Waals surface area contributed by atoms with Gasteiger partial charge in [0.05, 0.1) is 23.8 Å². The highest BCUT2D eigenvalue weighted by molar-refractivity contribution is 5.97. The van der Waals surface area contributed by atoms with Crippen LogP contribution in [0.15, 0.2) is 54.6 Å². The van der Waals surface area contributed by atoms with Crippen LogP contribution in [-0.2, 0) is 11.3 Å². The van der Waals surface area contributed by atoms with Crippen LogP contribution in [0.2, 0.25) is 0 Å². The number of rotatable bonds is 5. The lowest BCUT2D eigenvalue weighted by Crippen LogP contribution is -2.25. The fourth-order valence-corrected chi connectivity index (χ4v) is 5.23. The predicted octanol–water partition coefficient (Wildman–Crippen LogP) is 5.85. The molecule has 3 aromatic carbocycles. The molecule has 1 aliphatic rings. The molecule has 34 heavy (non-hydrogen) atoms. The zero-order chi connectivity index (χ0) is 24.0. The molecule has 2 heterocycles. The Morgan fingerprint density at radius 3 is 2.38 bits per heavy atom. The highest BCUT2D eigenvalue weighted by atomic mass is 16.5. The summed E-state index contributed by atoms with van der Waals surface area (Å²) in [6.45, 7) is 10.1. The van der Waals surface area contributed by atoms with Crippen molar-refractivity contribution in [2.24, 2.45) is 0 Å². The third-order valence-electron chi connectivity index (χ3n) is 7.39. The number of nitrogens with zero attached hydrogens (tertiary/aromatic N) is 3. The van der Waals surface area contributed by atoms with Crippen molar-refractivity contribution in [3.63, 3.8) is 0 Å². The van der Waals surface area contributed by atoms with Crippen molar-refractivity contribution in [1.29, 1.82) is 0 Å². The van der Waals surface area contributed by atoms with Crippen LogP contribution in [0.4, 0.5) is 5.69 Å². The summed E-state index contributed by atoms with van der Waals surface area (Å²) in [7, 11) is 1.64. The molecule has 4 aromatic rings. The highest BCUT2D eigenvalue weighted by Gasteiger charge is 2.36. The fraction of sp³-hybridized carbons (Fsp3) is 0.310. The lowest BCUT2D eigenvalue weighted by atomic mass is 9.94. The zero-order valence-corrected chi connectivity index (χ0v) is 20.6. The largest absolute Gasteiger partial charge is 0.495 e. The molecule has 0 spiro atoms. The second kappa shape index (κ2) is 8.64. The van der Waals surface area contributed by atoms with Crippen molar-refractivity contribution in [3.8, 4) is 5.75 Å². The van der Waals surface area contributed by atoms with E-state index >= 15 is 0 Å².